The van der Waals surface area contributed by atoms with Crippen molar-refractivity contribution >= 4 is 17.0 Å². The van der Waals surface area contributed by atoms with Gasteiger partial charge in [-0.25, -0.2) is 0 Å². The Morgan fingerprint density at radius 2 is 1.94 bits per heavy atom. The average molecular weight is 261 g/mol. The Morgan fingerprint density at radius 3 is 2.56 bits per heavy atom. The normalized spacial score (nSPS) is 10.4. The van der Waals surface area contributed by atoms with Crippen LogP contribution >= 0.6 is 11.3 Å². The van der Waals surface area contributed by atoms with Gasteiger partial charge in [0.1, 0.15) is 5.75 Å². The van der Waals surface area contributed by atoms with Crippen LogP contribution in [0.2, 0.25) is 0 Å². The van der Waals surface area contributed by atoms with Crippen molar-refractivity contribution in [2.75, 3.05) is 12.4 Å². The fraction of sp³-hybridized carbons (Fsp3) is 0.333. The SMILES string of the molecule is COc1ccc(C)cc1NCc1cc(C)sc1C. The highest BCUT2D eigenvalue weighted by atomic mass is 32.1. The second-order valence-electron chi connectivity index (χ2n) is 4.50. The molecular formula is C15H19NOS. The van der Waals surface area contributed by atoms with Crippen molar-refractivity contribution < 1.29 is 4.74 Å². The maximum atomic E-state index is 5.36. The molecule has 1 aromatic heterocycles. The van der Waals surface area contributed by atoms with Crippen LogP contribution in [0.5, 0.6) is 5.75 Å². The van der Waals surface area contributed by atoms with Crippen LogP contribution < -0.4 is 10.1 Å². The summed E-state index contributed by atoms with van der Waals surface area (Å²) < 4.78 is 5.36. The van der Waals surface area contributed by atoms with Gasteiger partial charge < -0.3 is 10.1 Å². The van der Waals surface area contributed by atoms with E-state index in [0.717, 1.165) is 18.0 Å². The summed E-state index contributed by atoms with van der Waals surface area (Å²) in [4.78, 5) is 2.74. The van der Waals surface area contributed by atoms with E-state index in [-0.39, 0.29) is 0 Å². The van der Waals surface area contributed by atoms with E-state index in [9.17, 15) is 0 Å². The maximum Gasteiger partial charge on any atom is 0.141 e. The zero-order valence-electron chi connectivity index (χ0n) is 11.3. The van der Waals surface area contributed by atoms with Crippen LogP contribution in [0.3, 0.4) is 0 Å². The Kier molecular flexibility index (Phi) is 3.92. The first-order valence-electron chi connectivity index (χ1n) is 6.04. The third-order valence-corrected chi connectivity index (χ3v) is 3.98. The van der Waals surface area contributed by atoms with Gasteiger partial charge in [0.25, 0.3) is 0 Å². The molecule has 1 aromatic carbocycles. The number of nitrogens with one attached hydrogen (secondary N) is 1. The molecule has 0 aliphatic rings. The molecule has 0 fully saturated rings. The summed E-state index contributed by atoms with van der Waals surface area (Å²) in [5.74, 6) is 0.894. The fourth-order valence-electron chi connectivity index (χ4n) is 2.01. The van der Waals surface area contributed by atoms with Crippen molar-refractivity contribution in [1.82, 2.24) is 0 Å². The van der Waals surface area contributed by atoms with E-state index >= 15 is 0 Å². The molecule has 0 radical (unpaired) electrons. The smallest absolute Gasteiger partial charge is 0.141 e. The Bertz CT molecular complexity index is 545. The molecule has 1 heterocycles. The number of anilines is 1. The summed E-state index contributed by atoms with van der Waals surface area (Å²) in [5, 5.41) is 3.46. The number of hydrogen-bond donors (Lipinski definition) is 1. The van der Waals surface area contributed by atoms with Crippen LogP contribution in [-0.2, 0) is 6.54 Å². The standard InChI is InChI=1S/C15H19NOS/c1-10-5-6-15(17-4)14(7-10)16-9-13-8-11(2)18-12(13)3/h5-8,16H,9H2,1-4H3. The third kappa shape index (κ3) is 2.85. The van der Waals surface area contributed by atoms with E-state index in [4.69, 9.17) is 4.74 Å². The second-order valence-corrected chi connectivity index (χ2v) is 5.96. The van der Waals surface area contributed by atoms with Crippen molar-refractivity contribution in [3.8, 4) is 5.75 Å². The maximum absolute atomic E-state index is 5.36. The molecule has 0 bridgehead atoms. The van der Waals surface area contributed by atoms with Gasteiger partial charge in [-0.2, -0.15) is 0 Å². The predicted octanol–water partition coefficient (Wildman–Crippen LogP) is 4.29. The Labute approximate surface area is 113 Å². The van der Waals surface area contributed by atoms with Gasteiger partial charge in [-0.05, 0) is 50.1 Å². The van der Waals surface area contributed by atoms with Crippen molar-refractivity contribution in [1.29, 1.82) is 0 Å². The van der Waals surface area contributed by atoms with Crippen LogP contribution in [0.15, 0.2) is 24.3 Å². The lowest BCUT2D eigenvalue weighted by molar-refractivity contribution is 0.416. The van der Waals surface area contributed by atoms with E-state index < -0.39 is 0 Å². The first kappa shape index (κ1) is 13.0. The zero-order chi connectivity index (χ0) is 13.1. The minimum absolute atomic E-state index is 0.843. The average Bonchev–Trinajstić information content (AvgIpc) is 2.65. The van der Waals surface area contributed by atoms with Gasteiger partial charge in [0.05, 0.1) is 12.8 Å². The van der Waals surface area contributed by atoms with E-state index in [1.807, 2.05) is 17.4 Å². The van der Waals surface area contributed by atoms with Gasteiger partial charge in [-0.15, -0.1) is 11.3 Å². The van der Waals surface area contributed by atoms with Gasteiger partial charge in [-0.1, -0.05) is 6.07 Å². The van der Waals surface area contributed by atoms with Gasteiger partial charge in [0, 0.05) is 16.3 Å². The summed E-state index contributed by atoms with van der Waals surface area (Å²) in [6.07, 6.45) is 0. The molecule has 0 amide bonds. The molecule has 2 nitrogen and oxygen atoms in total. The Balaban J connectivity index is 2.14. The van der Waals surface area contributed by atoms with E-state index in [1.54, 1.807) is 7.11 Å². The molecule has 0 aliphatic carbocycles. The number of benzene rings is 1. The van der Waals surface area contributed by atoms with E-state index in [2.05, 4.69) is 44.3 Å². The molecule has 96 valence electrons. The highest BCUT2D eigenvalue weighted by Crippen LogP contribution is 2.27. The highest BCUT2D eigenvalue weighted by Gasteiger charge is 2.06. The summed E-state index contributed by atoms with van der Waals surface area (Å²) in [5.41, 5.74) is 3.65. The van der Waals surface area contributed by atoms with Gasteiger partial charge >= 0.3 is 0 Å². The monoisotopic (exact) mass is 261 g/mol. The lowest BCUT2D eigenvalue weighted by Gasteiger charge is -2.11. The lowest BCUT2D eigenvalue weighted by atomic mass is 10.2. The highest BCUT2D eigenvalue weighted by molar-refractivity contribution is 7.12. The van der Waals surface area contributed by atoms with Crippen LogP contribution in [-0.4, -0.2) is 7.11 Å². The summed E-state index contributed by atoms with van der Waals surface area (Å²) >= 11 is 1.85. The van der Waals surface area contributed by atoms with E-state index in [1.165, 1.54) is 20.9 Å². The molecule has 0 saturated carbocycles. The lowest BCUT2D eigenvalue weighted by Crippen LogP contribution is -2.01. The number of rotatable bonds is 4. The number of ether oxygens (including phenoxy) is 1. The topological polar surface area (TPSA) is 21.3 Å². The number of hydrogen-bond acceptors (Lipinski definition) is 3. The quantitative estimate of drug-likeness (QED) is 0.886. The molecular weight excluding hydrogens is 242 g/mol. The number of methoxy groups -OCH3 is 1. The van der Waals surface area contributed by atoms with Crippen molar-refractivity contribution in [3.05, 3.63) is 45.1 Å². The molecule has 0 atom stereocenters. The first-order valence-corrected chi connectivity index (χ1v) is 6.86. The molecule has 0 saturated heterocycles. The fourth-order valence-corrected chi connectivity index (χ4v) is 2.96. The second kappa shape index (κ2) is 5.44. The third-order valence-electron chi connectivity index (χ3n) is 2.97. The van der Waals surface area contributed by atoms with Gasteiger partial charge in [0.2, 0.25) is 0 Å². The number of aryl methyl sites for hydroxylation is 3. The molecule has 3 heteroatoms. The van der Waals surface area contributed by atoms with Gasteiger partial charge in [-0.3, -0.25) is 0 Å². The minimum Gasteiger partial charge on any atom is -0.495 e. The molecule has 0 aliphatic heterocycles. The molecule has 2 rings (SSSR count). The van der Waals surface area contributed by atoms with Crippen molar-refractivity contribution in [2.24, 2.45) is 0 Å². The van der Waals surface area contributed by atoms with Crippen LogP contribution in [0.25, 0.3) is 0 Å². The Hall–Kier alpha value is -1.48. The van der Waals surface area contributed by atoms with Crippen LogP contribution in [0, 0.1) is 20.8 Å². The van der Waals surface area contributed by atoms with Crippen molar-refractivity contribution in [2.45, 2.75) is 27.3 Å². The van der Waals surface area contributed by atoms with Gasteiger partial charge in [0.15, 0.2) is 0 Å². The summed E-state index contributed by atoms with van der Waals surface area (Å²) in [6.45, 7) is 7.25. The molecule has 0 unspecified atom stereocenters. The van der Waals surface area contributed by atoms with E-state index in [0.29, 0.717) is 0 Å². The summed E-state index contributed by atoms with van der Waals surface area (Å²) in [7, 11) is 1.70. The largest absolute Gasteiger partial charge is 0.495 e. The zero-order valence-corrected chi connectivity index (χ0v) is 12.1. The van der Waals surface area contributed by atoms with Crippen LogP contribution in [0.1, 0.15) is 20.9 Å². The summed E-state index contributed by atoms with van der Waals surface area (Å²) in [6, 6.07) is 8.43. The minimum atomic E-state index is 0.843. The molecule has 0 spiro atoms. The van der Waals surface area contributed by atoms with Crippen LogP contribution in [0.4, 0.5) is 5.69 Å². The molecule has 18 heavy (non-hydrogen) atoms. The molecule has 2 aromatic rings. The Morgan fingerprint density at radius 1 is 1.17 bits per heavy atom. The number of thiophene rings is 1. The first-order chi connectivity index (χ1) is 8.60. The molecule has 1 N–H and O–H groups in total. The predicted molar refractivity (Wildman–Crippen MR) is 78.9 cm³/mol. The van der Waals surface area contributed by atoms with Crippen molar-refractivity contribution in [3.63, 3.8) is 0 Å².